The lowest BCUT2D eigenvalue weighted by Gasteiger charge is -2.22. The Labute approximate surface area is 193 Å². The van der Waals surface area contributed by atoms with Gasteiger partial charge in [-0.1, -0.05) is 35.2 Å². The number of phenols is 1. The van der Waals surface area contributed by atoms with E-state index >= 15 is 0 Å². The van der Waals surface area contributed by atoms with E-state index in [0.717, 1.165) is 41.5 Å². The van der Waals surface area contributed by atoms with Gasteiger partial charge in [0.05, 0.1) is 26.1 Å². The van der Waals surface area contributed by atoms with Crippen LogP contribution in [0.4, 0.5) is 0 Å². The summed E-state index contributed by atoms with van der Waals surface area (Å²) < 4.78 is 3.37. The molecule has 1 fully saturated rings. The summed E-state index contributed by atoms with van der Waals surface area (Å²) in [6.07, 6.45) is 7.15. The van der Waals surface area contributed by atoms with Crippen LogP contribution in [0.3, 0.4) is 0 Å². The van der Waals surface area contributed by atoms with Gasteiger partial charge in [0.25, 0.3) is 5.56 Å². The predicted molar refractivity (Wildman–Crippen MR) is 126 cm³/mol. The third-order valence-electron chi connectivity index (χ3n) is 5.17. The molecule has 0 amide bonds. The van der Waals surface area contributed by atoms with E-state index in [1.165, 1.54) is 11.1 Å². The molecule has 5 nitrogen and oxygen atoms in total. The van der Waals surface area contributed by atoms with Crippen molar-refractivity contribution in [3.8, 4) is 5.75 Å². The second-order valence-corrected chi connectivity index (χ2v) is 9.79. The topological polar surface area (TPSA) is 67.5 Å². The molecule has 1 aromatic heterocycles. The maximum absolute atomic E-state index is 13.3. The van der Waals surface area contributed by atoms with Gasteiger partial charge >= 0.3 is 0 Å². The molecule has 0 bridgehead atoms. The van der Waals surface area contributed by atoms with Crippen LogP contribution in [0.25, 0.3) is 10.9 Å². The fraction of sp³-hybridized carbons (Fsp3) is 0.286. The molecule has 2 aromatic carbocycles. The maximum atomic E-state index is 13.3. The number of aromatic nitrogens is 2. The molecule has 1 saturated carbocycles. The van der Waals surface area contributed by atoms with Gasteiger partial charge in [0.15, 0.2) is 0 Å². The fourth-order valence-corrected chi connectivity index (χ4v) is 5.27. The van der Waals surface area contributed by atoms with Crippen LogP contribution >= 0.6 is 47.8 Å². The van der Waals surface area contributed by atoms with Gasteiger partial charge in [0, 0.05) is 10.4 Å². The number of hydrogen-bond donors (Lipinski definition) is 1. The third kappa shape index (κ3) is 4.34. The van der Waals surface area contributed by atoms with Gasteiger partial charge in [-0.05, 0) is 80.6 Å². The summed E-state index contributed by atoms with van der Waals surface area (Å²) in [5, 5.41) is 15.0. The van der Waals surface area contributed by atoms with E-state index in [-0.39, 0.29) is 17.2 Å². The number of phenolic OH excluding ortho intramolecular Hbond substituents is 1. The van der Waals surface area contributed by atoms with Crippen LogP contribution in [0.15, 0.2) is 53.6 Å². The SMILES string of the molecule is O=c1c2cc(Br)ccc2nc(C2CCCCC2)n1N=Cc1cc(Br)c(O)c(Br)c1. The summed E-state index contributed by atoms with van der Waals surface area (Å²) in [6.45, 7) is 0. The Balaban J connectivity index is 1.86. The van der Waals surface area contributed by atoms with Crippen LogP contribution in [0.5, 0.6) is 5.75 Å². The molecule has 150 valence electrons. The first-order chi connectivity index (χ1) is 13.9. The van der Waals surface area contributed by atoms with Gasteiger partial charge < -0.3 is 5.11 Å². The summed E-state index contributed by atoms with van der Waals surface area (Å²) in [7, 11) is 0. The normalized spacial score (nSPS) is 15.4. The highest BCUT2D eigenvalue weighted by molar-refractivity contribution is 9.11. The van der Waals surface area contributed by atoms with E-state index in [9.17, 15) is 9.90 Å². The Hall–Kier alpha value is -1.51. The largest absolute Gasteiger partial charge is 0.506 e. The number of benzene rings is 2. The molecule has 0 saturated heterocycles. The Morgan fingerprint density at radius 1 is 1.07 bits per heavy atom. The van der Waals surface area contributed by atoms with Gasteiger partial charge in [-0.3, -0.25) is 4.79 Å². The lowest BCUT2D eigenvalue weighted by molar-refractivity contribution is 0.416. The van der Waals surface area contributed by atoms with Crippen molar-refractivity contribution in [2.45, 2.75) is 38.0 Å². The zero-order valence-electron chi connectivity index (χ0n) is 15.4. The molecular formula is C21H18Br3N3O2. The molecular weight excluding hydrogens is 566 g/mol. The van der Waals surface area contributed by atoms with Crippen LogP contribution in [-0.4, -0.2) is 21.0 Å². The number of nitrogens with zero attached hydrogens (tertiary/aromatic N) is 3. The number of hydrogen-bond acceptors (Lipinski definition) is 4. The first kappa shape index (κ1) is 20.8. The number of rotatable bonds is 3. The van der Waals surface area contributed by atoms with Crippen molar-refractivity contribution in [1.29, 1.82) is 0 Å². The minimum atomic E-state index is -0.176. The van der Waals surface area contributed by atoms with Crippen molar-refractivity contribution in [2.24, 2.45) is 5.10 Å². The Kier molecular flexibility index (Phi) is 6.22. The maximum Gasteiger partial charge on any atom is 0.282 e. The van der Waals surface area contributed by atoms with Gasteiger partial charge in [0.1, 0.15) is 11.6 Å². The smallest absolute Gasteiger partial charge is 0.282 e. The minimum Gasteiger partial charge on any atom is -0.506 e. The summed E-state index contributed by atoms with van der Waals surface area (Å²) in [4.78, 5) is 18.1. The fourth-order valence-electron chi connectivity index (χ4n) is 3.69. The summed E-state index contributed by atoms with van der Waals surface area (Å²) in [5.41, 5.74) is 1.27. The molecule has 29 heavy (non-hydrogen) atoms. The molecule has 0 radical (unpaired) electrons. The quantitative estimate of drug-likeness (QED) is 0.367. The van der Waals surface area contributed by atoms with E-state index in [2.05, 4.69) is 52.9 Å². The Morgan fingerprint density at radius 2 is 1.76 bits per heavy atom. The van der Waals surface area contributed by atoms with Gasteiger partial charge in [-0.15, -0.1) is 0 Å². The van der Waals surface area contributed by atoms with Crippen molar-refractivity contribution < 1.29 is 5.11 Å². The highest BCUT2D eigenvalue weighted by atomic mass is 79.9. The number of halogens is 3. The number of aromatic hydroxyl groups is 1. The van der Waals surface area contributed by atoms with Crippen LogP contribution < -0.4 is 5.56 Å². The van der Waals surface area contributed by atoms with Crippen molar-refractivity contribution in [3.63, 3.8) is 0 Å². The van der Waals surface area contributed by atoms with Crippen molar-refractivity contribution >= 4 is 64.9 Å². The molecule has 1 aliphatic rings. The molecule has 0 aliphatic heterocycles. The predicted octanol–water partition coefficient (Wildman–Crippen LogP) is 6.32. The third-order valence-corrected chi connectivity index (χ3v) is 6.87. The van der Waals surface area contributed by atoms with Crippen LogP contribution in [-0.2, 0) is 0 Å². The highest BCUT2D eigenvalue weighted by Crippen LogP contribution is 2.34. The van der Waals surface area contributed by atoms with E-state index in [1.54, 1.807) is 24.4 Å². The van der Waals surface area contributed by atoms with Crippen LogP contribution in [0.2, 0.25) is 0 Å². The number of fused-ring (bicyclic) bond motifs is 1. The Bertz CT molecular complexity index is 1140. The second-order valence-electron chi connectivity index (χ2n) is 7.16. The monoisotopic (exact) mass is 581 g/mol. The summed E-state index contributed by atoms with van der Waals surface area (Å²) in [6, 6.07) is 9.06. The molecule has 1 aliphatic carbocycles. The van der Waals surface area contributed by atoms with Crippen LogP contribution in [0, 0.1) is 0 Å². The molecule has 0 unspecified atom stereocenters. The molecule has 0 spiro atoms. The van der Waals surface area contributed by atoms with Crippen molar-refractivity contribution in [2.75, 3.05) is 0 Å². The first-order valence-electron chi connectivity index (χ1n) is 9.38. The lowest BCUT2D eigenvalue weighted by atomic mass is 9.88. The molecule has 1 heterocycles. The second kappa shape index (κ2) is 8.70. The molecule has 4 rings (SSSR count). The van der Waals surface area contributed by atoms with E-state index in [1.807, 2.05) is 12.1 Å². The molecule has 0 atom stereocenters. The standard InChI is InChI=1S/C21H18Br3N3O2/c22-14-6-7-18-15(10-14)21(29)27(20(26-18)13-4-2-1-3-5-13)25-11-12-8-16(23)19(28)17(24)9-12/h6-11,13,28H,1-5H2. The van der Waals surface area contributed by atoms with Crippen molar-refractivity contribution in [3.05, 3.63) is 65.5 Å². The van der Waals surface area contributed by atoms with Gasteiger partial charge in [-0.25, -0.2) is 4.98 Å². The summed E-state index contributed by atoms with van der Waals surface area (Å²) >= 11 is 10.1. The zero-order valence-corrected chi connectivity index (χ0v) is 20.2. The molecule has 1 N–H and O–H groups in total. The summed E-state index contributed by atoms with van der Waals surface area (Å²) in [5.74, 6) is 1.07. The van der Waals surface area contributed by atoms with Crippen molar-refractivity contribution in [1.82, 2.24) is 9.66 Å². The first-order valence-corrected chi connectivity index (χ1v) is 11.8. The Morgan fingerprint density at radius 3 is 2.45 bits per heavy atom. The van der Waals surface area contributed by atoms with Gasteiger partial charge in [0.2, 0.25) is 0 Å². The molecule has 3 aromatic rings. The van der Waals surface area contributed by atoms with E-state index in [4.69, 9.17) is 4.98 Å². The van der Waals surface area contributed by atoms with E-state index in [0.29, 0.717) is 19.8 Å². The van der Waals surface area contributed by atoms with Gasteiger partial charge in [-0.2, -0.15) is 9.78 Å². The average molecular weight is 584 g/mol. The zero-order chi connectivity index (χ0) is 20.5. The average Bonchev–Trinajstić information content (AvgIpc) is 2.72. The lowest BCUT2D eigenvalue weighted by Crippen LogP contribution is -2.25. The van der Waals surface area contributed by atoms with Crippen LogP contribution in [0.1, 0.15) is 49.4 Å². The minimum absolute atomic E-state index is 0.124. The highest BCUT2D eigenvalue weighted by Gasteiger charge is 2.22. The molecule has 8 heteroatoms. The van der Waals surface area contributed by atoms with E-state index < -0.39 is 0 Å².